The van der Waals surface area contributed by atoms with Crippen LogP contribution in [0.15, 0.2) is 36.4 Å². The zero-order valence-electron chi connectivity index (χ0n) is 15.4. The predicted molar refractivity (Wildman–Crippen MR) is 98.8 cm³/mol. The van der Waals surface area contributed by atoms with Crippen LogP contribution < -0.4 is 19.5 Å². The number of halogens is 1. The van der Waals surface area contributed by atoms with Crippen molar-refractivity contribution in [2.75, 3.05) is 47.5 Å². The van der Waals surface area contributed by atoms with Crippen LogP contribution in [-0.4, -0.2) is 52.4 Å². The van der Waals surface area contributed by atoms with Gasteiger partial charge in [0, 0.05) is 43.4 Å². The first-order valence-electron chi connectivity index (χ1n) is 8.68. The van der Waals surface area contributed by atoms with Gasteiger partial charge in [0.1, 0.15) is 23.1 Å². The smallest absolute Gasteiger partial charge is 0.127 e. The maximum absolute atomic E-state index is 14.1. The van der Waals surface area contributed by atoms with Crippen molar-refractivity contribution in [3.8, 4) is 17.2 Å². The third kappa shape index (κ3) is 3.76. The fourth-order valence-corrected chi connectivity index (χ4v) is 3.46. The van der Waals surface area contributed by atoms with Crippen LogP contribution in [0, 0.1) is 5.82 Å². The molecule has 1 aliphatic rings. The Morgan fingerprint density at radius 2 is 1.62 bits per heavy atom. The van der Waals surface area contributed by atoms with Crippen molar-refractivity contribution in [2.45, 2.75) is 6.04 Å². The van der Waals surface area contributed by atoms with Crippen LogP contribution in [0.4, 0.5) is 4.39 Å². The topological polar surface area (TPSA) is 43.0 Å². The molecule has 1 saturated heterocycles. The van der Waals surface area contributed by atoms with Crippen molar-refractivity contribution in [3.63, 3.8) is 0 Å². The minimum absolute atomic E-state index is 0.177. The summed E-state index contributed by atoms with van der Waals surface area (Å²) in [6.45, 7) is 3.46. The van der Waals surface area contributed by atoms with Crippen LogP contribution in [0.3, 0.4) is 0 Å². The fourth-order valence-electron chi connectivity index (χ4n) is 3.46. The van der Waals surface area contributed by atoms with Crippen molar-refractivity contribution in [3.05, 3.63) is 53.3 Å². The van der Waals surface area contributed by atoms with Crippen LogP contribution in [-0.2, 0) is 0 Å². The van der Waals surface area contributed by atoms with E-state index in [2.05, 4.69) is 10.2 Å². The molecule has 5 nitrogen and oxygen atoms in total. The molecule has 0 amide bonds. The molecule has 0 spiro atoms. The molecule has 1 unspecified atom stereocenters. The van der Waals surface area contributed by atoms with Gasteiger partial charge in [0.2, 0.25) is 0 Å². The molecule has 1 aliphatic heterocycles. The van der Waals surface area contributed by atoms with Gasteiger partial charge in [-0.1, -0.05) is 0 Å². The number of nitrogens with zero attached hydrogens (tertiary/aromatic N) is 1. The van der Waals surface area contributed by atoms with Gasteiger partial charge < -0.3 is 19.5 Å². The summed E-state index contributed by atoms with van der Waals surface area (Å²) in [5.74, 6) is 1.80. The molecule has 0 radical (unpaired) electrons. The summed E-state index contributed by atoms with van der Waals surface area (Å²) in [5, 5.41) is 3.36. The van der Waals surface area contributed by atoms with E-state index >= 15 is 0 Å². The molecule has 0 bridgehead atoms. The molecule has 1 heterocycles. The SMILES string of the molecule is COc1ccc(C(c2cc(F)ccc2OC)N2CCNCC2)c(OC)c1. The lowest BCUT2D eigenvalue weighted by Crippen LogP contribution is -2.45. The number of hydrogen-bond donors (Lipinski definition) is 1. The normalized spacial score (nSPS) is 16.2. The van der Waals surface area contributed by atoms with Gasteiger partial charge in [0.25, 0.3) is 0 Å². The summed E-state index contributed by atoms with van der Waals surface area (Å²) in [4.78, 5) is 2.32. The van der Waals surface area contributed by atoms with Crippen LogP contribution in [0.5, 0.6) is 17.2 Å². The zero-order chi connectivity index (χ0) is 18.5. The number of piperazine rings is 1. The second-order valence-corrected chi connectivity index (χ2v) is 6.18. The van der Waals surface area contributed by atoms with Gasteiger partial charge in [0.15, 0.2) is 0 Å². The Balaban J connectivity index is 2.14. The summed E-state index contributed by atoms with van der Waals surface area (Å²) in [5.41, 5.74) is 1.75. The monoisotopic (exact) mass is 360 g/mol. The van der Waals surface area contributed by atoms with Gasteiger partial charge in [-0.3, -0.25) is 4.90 Å². The highest BCUT2D eigenvalue weighted by Crippen LogP contribution is 2.40. The molecule has 0 aromatic heterocycles. The predicted octanol–water partition coefficient (Wildman–Crippen LogP) is 2.85. The highest BCUT2D eigenvalue weighted by Gasteiger charge is 2.29. The number of benzene rings is 2. The lowest BCUT2D eigenvalue weighted by atomic mass is 9.94. The molecular weight excluding hydrogens is 335 g/mol. The Morgan fingerprint density at radius 3 is 2.27 bits per heavy atom. The van der Waals surface area contributed by atoms with Crippen molar-refractivity contribution in [1.82, 2.24) is 10.2 Å². The van der Waals surface area contributed by atoms with E-state index < -0.39 is 0 Å². The van der Waals surface area contributed by atoms with Crippen LogP contribution in [0.25, 0.3) is 0 Å². The molecule has 0 aliphatic carbocycles. The van der Waals surface area contributed by atoms with Gasteiger partial charge in [0.05, 0.1) is 27.4 Å². The molecule has 1 atom stereocenters. The molecule has 2 aromatic carbocycles. The number of methoxy groups -OCH3 is 3. The Morgan fingerprint density at radius 1 is 0.885 bits per heavy atom. The van der Waals surface area contributed by atoms with E-state index in [-0.39, 0.29) is 11.9 Å². The van der Waals surface area contributed by atoms with Gasteiger partial charge in [-0.05, 0) is 30.3 Å². The number of nitrogens with one attached hydrogen (secondary N) is 1. The van der Waals surface area contributed by atoms with E-state index in [0.717, 1.165) is 43.1 Å². The van der Waals surface area contributed by atoms with E-state index in [1.807, 2.05) is 18.2 Å². The van der Waals surface area contributed by atoms with E-state index in [1.165, 1.54) is 6.07 Å². The second kappa shape index (κ2) is 8.38. The summed E-state index contributed by atoms with van der Waals surface area (Å²) in [6.07, 6.45) is 0. The fraction of sp³-hybridized carbons (Fsp3) is 0.400. The first-order valence-corrected chi connectivity index (χ1v) is 8.68. The third-order valence-corrected chi connectivity index (χ3v) is 4.74. The highest BCUT2D eigenvalue weighted by atomic mass is 19.1. The Hall–Kier alpha value is -2.31. The average molecular weight is 360 g/mol. The van der Waals surface area contributed by atoms with Crippen molar-refractivity contribution >= 4 is 0 Å². The van der Waals surface area contributed by atoms with E-state index in [9.17, 15) is 4.39 Å². The molecule has 6 heteroatoms. The summed E-state index contributed by atoms with van der Waals surface area (Å²) in [7, 11) is 4.87. The summed E-state index contributed by atoms with van der Waals surface area (Å²) >= 11 is 0. The molecule has 1 N–H and O–H groups in total. The molecule has 26 heavy (non-hydrogen) atoms. The van der Waals surface area contributed by atoms with Crippen LogP contribution in [0.1, 0.15) is 17.2 Å². The van der Waals surface area contributed by atoms with Crippen molar-refractivity contribution < 1.29 is 18.6 Å². The minimum Gasteiger partial charge on any atom is -0.497 e. The zero-order valence-corrected chi connectivity index (χ0v) is 15.4. The Bertz CT molecular complexity index is 748. The number of hydrogen-bond acceptors (Lipinski definition) is 5. The first kappa shape index (κ1) is 18.5. The van der Waals surface area contributed by atoms with Crippen molar-refractivity contribution in [1.29, 1.82) is 0 Å². The number of rotatable bonds is 6. The molecule has 1 fully saturated rings. The van der Waals surface area contributed by atoms with Crippen LogP contribution >= 0.6 is 0 Å². The van der Waals surface area contributed by atoms with Crippen molar-refractivity contribution in [2.24, 2.45) is 0 Å². The highest BCUT2D eigenvalue weighted by molar-refractivity contribution is 5.49. The maximum atomic E-state index is 14.1. The largest absolute Gasteiger partial charge is 0.497 e. The van der Waals surface area contributed by atoms with E-state index in [0.29, 0.717) is 11.5 Å². The first-order chi connectivity index (χ1) is 12.7. The molecule has 140 valence electrons. The molecular formula is C20H25FN2O3. The van der Waals surface area contributed by atoms with E-state index in [4.69, 9.17) is 14.2 Å². The Kier molecular flexibility index (Phi) is 5.96. The van der Waals surface area contributed by atoms with E-state index in [1.54, 1.807) is 33.5 Å². The lowest BCUT2D eigenvalue weighted by Gasteiger charge is -2.36. The summed E-state index contributed by atoms with van der Waals surface area (Å²) < 4.78 is 30.6. The Labute approximate surface area is 153 Å². The third-order valence-electron chi connectivity index (χ3n) is 4.74. The van der Waals surface area contributed by atoms with Gasteiger partial charge in [-0.2, -0.15) is 0 Å². The second-order valence-electron chi connectivity index (χ2n) is 6.18. The molecule has 2 aromatic rings. The van der Waals surface area contributed by atoms with Gasteiger partial charge >= 0.3 is 0 Å². The number of ether oxygens (including phenoxy) is 3. The standard InChI is InChI=1S/C20H25FN2O3/c1-24-15-5-6-16(19(13-15)26-3)20(23-10-8-22-9-11-23)17-12-14(21)4-7-18(17)25-2/h4-7,12-13,20,22H,8-11H2,1-3H3. The quantitative estimate of drug-likeness (QED) is 0.858. The van der Waals surface area contributed by atoms with Gasteiger partial charge in [-0.15, -0.1) is 0 Å². The molecule has 0 saturated carbocycles. The van der Waals surface area contributed by atoms with Crippen LogP contribution in [0.2, 0.25) is 0 Å². The minimum atomic E-state index is -0.284. The molecule has 3 rings (SSSR count). The lowest BCUT2D eigenvalue weighted by molar-refractivity contribution is 0.192. The van der Waals surface area contributed by atoms with Gasteiger partial charge in [-0.25, -0.2) is 4.39 Å². The average Bonchev–Trinajstić information content (AvgIpc) is 2.69. The summed E-state index contributed by atoms with van der Waals surface area (Å²) in [6, 6.07) is 10.2. The maximum Gasteiger partial charge on any atom is 0.127 e.